The third kappa shape index (κ3) is 2.87. The summed E-state index contributed by atoms with van der Waals surface area (Å²) in [6.45, 7) is 4.59. The van der Waals surface area contributed by atoms with Crippen molar-refractivity contribution in [1.29, 1.82) is 0 Å². The Morgan fingerprint density at radius 2 is 2.36 bits per heavy atom. The molecule has 0 amide bonds. The second-order valence-corrected chi connectivity index (χ2v) is 3.03. The third-order valence-electron chi connectivity index (χ3n) is 1.88. The van der Waals surface area contributed by atoms with Crippen molar-refractivity contribution in [3.05, 3.63) is 18.2 Å². The van der Waals surface area contributed by atoms with E-state index in [4.69, 9.17) is 4.74 Å². The van der Waals surface area contributed by atoms with Gasteiger partial charge in [0.05, 0.1) is 6.61 Å². The van der Waals surface area contributed by atoms with Crippen LogP contribution in [0.4, 0.5) is 0 Å². The van der Waals surface area contributed by atoms with Crippen LogP contribution in [0.3, 0.4) is 0 Å². The van der Waals surface area contributed by atoms with Crippen LogP contribution in [0.15, 0.2) is 12.4 Å². The molecule has 0 aliphatic heterocycles. The zero-order valence-corrected chi connectivity index (χ0v) is 8.69. The predicted molar refractivity (Wildman–Crippen MR) is 52.9 cm³/mol. The highest BCUT2D eigenvalue weighted by Crippen LogP contribution is 2.01. The van der Waals surface area contributed by atoms with Gasteiger partial charge in [-0.15, -0.1) is 0 Å². The van der Waals surface area contributed by atoms with Gasteiger partial charge in [0, 0.05) is 18.8 Å². The van der Waals surface area contributed by atoms with Gasteiger partial charge in [-0.1, -0.05) is 6.92 Å². The summed E-state index contributed by atoms with van der Waals surface area (Å²) in [7, 11) is 0. The molecule has 0 atom stereocenters. The highest BCUT2D eigenvalue weighted by molar-refractivity contribution is 5.69. The maximum atomic E-state index is 11.2. The van der Waals surface area contributed by atoms with Crippen molar-refractivity contribution >= 4 is 5.97 Å². The van der Waals surface area contributed by atoms with E-state index in [0.717, 1.165) is 18.7 Å². The minimum absolute atomic E-state index is 0.206. The number of hydrogen-bond acceptors (Lipinski definition) is 3. The Balaban J connectivity index is 2.56. The van der Waals surface area contributed by atoms with Crippen LogP contribution in [-0.2, 0) is 22.5 Å². The highest BCUT2D eigenvalue weighted by atomic mass is 16.5. The molecule has 0 saturated carbocycles. The third-order valence-corrected chi connectivity index (χ3v) is 1.88. The van der Waals surface area contributed by atoms with E-state index in [2.05, 4.69) is 11.9 Å². The molecular formula is C10H16N2O2. The van der Waals surface area contributed by atoms with Gasteiger partial charge in [-0.2, -0.15) is 0 Å². The number of carbonyl (C=O) groups excluding carboxylic acids is 1. The molecular weight excluding hydrogens is 180 g/mol. The van der Waals surface area contributed by atoms with E-state index in [0.29, 0.717) is 6.61 Å². The number of hydrogen-bond donors (Lipinski definition) is 0. The largest absolute Gasteiger partial charge is 0.465 e. The molecule has 0 aliphatic carbocycles. The molecule has 0 fully saturated rings. The lowest BCUT2D eigenvalue weighted by atomic mass is 10.3. The second kappa shape index (κ2) is 5.42. The van der Waals surface area contributed by atoms with Crippen molar-refractivity contribution in [3.8, 4) is 0 Å². The zero-order valence-electron chi connectivity index (χ0n) is 8.69. The predicted octanol–water partition coefficient (Wildman–Crippen LogP) is 1.40. The monoisotopic (exact) mass is 196 g/mol. The Kier molecular flexibility index (Phi) is 4.16. The van der Waals surface area contributed by atoms with Crippen LogP contribution in [0.5, 0.6) is 0 Å². The van der Waals surface area contributed by atoms with Crippen molar-refractivity contribution < 1.29 is 9.53 Å². The maximum absolute atomic E-state index is 11.2. The summed E-state index contributed by atoms with van der Waals surface area (Å²) < 4.78 is 6.70. The standard InChI is InChI=1S/C10H16N2O2/c1-3-5-9-11-6-7-12(9)8-10(13)14-4-2/h6-7H,3-5,8H2,1-2H3. The van der Waals surface area contributed by atoms with Crippen LogP contribution in [0.25, 0.3) is 0 Å². The average molecular weight is 196 g/mol. The average Bonchev–Trinajstić information content (AvgIpc) is 2.54. The number of rotatable bonds is 5. The van der Waals surface area contributed by atoms with E-state index >= 15 is 0 Å². The molecule has 0 bridgehead atoms. The number of esters is 1. The lowest BCUT2D eigenvalue weighted by Crippen LogP contribution is -2.14. The molecule has 0 unspecified atom stereocenters. The fourth-order valence-corrected chi connectivity index (χ4v) is 1.28. The molecule has 4 nitrogen and oxygen atoms in total. The molecule has 0 radical (unpaired) electrons. The Labute approximate surface area is 83.9 Å². The molecule has 4 heteroatoms. The molecule has 1 heterocycles. The number of nitrogens with zero attached hydrogens (tertiary/aromatic N) is 2. The summed E-state index contributed by atoms with van der Waals surface area (Å²) in [6, 6.07) is 0. The molecule has 0 spiro atoms. The fraction of sp³-hybridized carbons (Fsp3) is 0.600. The van der Waals surface area contributed by atoms with Gasteiger partial charge in [-0.25, -0.2) is 4.98 Å². The lowest BCUT2D eigenvalue weighted by molar-refractivity contribution is -0.143. The summed E-state index contributed by atoms with van der Waals surface area (Å²) in [5.74, 6) is 0.739. The Morgan fingerprint density at radius 3 is 3.00 bits per heavy atom. The summed E-state index contributed by atoms with van der Waals surface area (Å²) in [5, 5.41) is 0. The zero-order chi connectivity index (χ0) is 10.4. The molecule has 1 aromatic rings. The summed E-state index contributed by atoms with van der Waals surface area (Å²) in [5.41, 5.74) is 0. The topological polar surface area (TPSA) is 44.1 Å². The van der Waals surface area contributed by atoms with Crippen molar-refractivity contribution in [2.75, 3.05) is 6.61 Å². The minimum Gasteiger partial charge on any atom is -0.465 e. The quantitative estimate of drug-likeness (QED) is 0.668. The molecule has 14 heavy (non-hydrogen) atoms. The Morgan fingerprint density at radius 1 is 1.57 bits per heavy atom. The summed E-state index contributed by atoms with van der Waals surface area (Å²) in [4.78, 5) is 15.4. The van der Waals surface area contributed by atoms with Crippen molar-refractivity contribution in [2.45, 2.75) is 33.2 Å². The first-order chi connectivity index (χ1) is 6.77. The van der Waals surface area contributed by atoms with Crippen LogP contribution in [0.1, 0.15) is 26.1 Å². The lowest BCUT2D eigenvalue weighted by Gasteiger charge is -2.05. The maximum Gasteiger partial charge on any atom is 0.325 e. The molecule has 1 rings (SSSR count). The first-order valence-corrected chi connectivity index (χ1v) is 4.93. The van der Waals surface area contributed by atoms with E-state index in [1.807, 2.05) is 10.8 Å². The van der Waals surface area contributed by atoms with E-state index in [1.165, 1.54) is 0 Å². The van der Waals surface area contributed by atoms with E-state index in [-0.39, 0.29) is 12.5 Å². The fourth-order valence-electron chi connectivity index (χ4n) is 1.28. The van der Waals surface area contributed by atoms with Crippen LogP contribution in [0, 0.1) is 0 Å². The molecule has 0 aliphatic rings. The number of ether oxygens (including phenoxy) is 1. The minimum atomic E-state index is -0.206. The van der Waals surface area contributed by atoms with Gasteiger partial charge < -0.3 is 9.30 Å². The van der Waals surface area contributed by atoms with Gasteiger partial charge in [0.15, 0.2) is 0 Å². The van der Waals surface area contributed by atoms with Crippen LogP contribution < -0.4 is 0 Å². The number of imidazole rings is 1. The van der Waals surface area contributed by atoms with Gasteiger partial charge in [-0.3, -0.25) is 4.79 Å². The van der Waals surface area contributed by atoms with Gasteiger partial charge in [0.25, 0.3) is 0 Å². The van der Waals surface area contributed by atoms with Crippen molar-refractivity contribution in [3.63, 3.8) is 0 Å². The van der Waals surface area contributed by atoms with Crippen LogP contribution >= 0.6 is 0 Å². The normalized spacial score (nSPS) is 10.1. The van der Waals surface area contributed by atoms with Crippen molar-refractivity contribution in [2.24, 2.45) is 0 Å². The Bertz CT molecular complexity index is 294. The van der Waals surface area contributed by atoms with Gasteiger partial charge >= 0.3 is 5.97 Å². The number of aromatic nitrogens is 2. The number of aryl methyl sites for hydroxylation is 1. The highest BCUT2D eigenvalue weighted by Gasteiger charge is 2.06. The van der Waals surface area contributed by atoms with Crippen molar-refractivity contribution in [1.82, 2.24) is 9.55 Å². The van der Waals surface area contributed by atoms with E-state index in [9.17, 15) is 4.79 Å². The van der Waals surface area contributed by atoms with Gasteiger partial charge in [-0.05, 0) is 13.3 Å². The molecule has 0 saturated heterocycles. The van der Waals surface area contributed by atoms with E-state index in [1.54, 1.807) is 13.1 Å². The smallest absolute Gasteiger partial charge is 0.325 e. The van der Waals surface area contributed by atoms with Gasteiger partial charge in [0.2, 0.25) is 0 Å². The summed E-state index contributed by atoms with van der Waals surface area (Å²) in [6.07, 6.45) is 5.44. The second-order valence-electron chi connectivity index (χ2n) is 3.03. The molecule has 1 aromatic heterocycles. The SMILES string of the molecule is CCCc1nccn1CC(=O)OCC. The number of carbonyl (C=O) groups is 1. The van der Waals surface area contributed by atoms with Crippen LogP contribution in [0.2, 0.25) is 0 Å². The van der Waals surface area contributed by atoms with Gasteiger partial charge in [0.1, 0.15) is 12.4 Å². The Hall–Kier alpha value is -1.32. The molecule has 0 aromatic carbocycles. The van der Waals surface area contributed by atoms with E-state index < -0.39 is 0 Å². The first kappa shape index (κ1) is 10.8. The molecule has 78 valence electrons. The van der Waals surface area contributed by atoms with Crippen LogP contribution in [-0.4, -0.2) is 22.1 Å². The first-order valence-electron chi connectivity index (χ1n) is 4.93. The summed E-state index contributed by atoms with van der Waals surface area (Å²) >= 11 is 0. The molecule has 0 N–H and O–H groups in total.